The highest BCUT2D eigenvalue weighted by molar-refractivity contribution is 6.30. The molecule has 0 aliphatic heterocycles. The first-order valence-electron chi connectivity index (χ1n) is 10.5. The number of nitrogens with one attached hydrogen (secondary N) is 1. The molecule has 30 heavy (non-hydrogen) atoms. The molecule has 5 nitrogen and oxygen atoms in total. The number of hydrogen-bond acceptors (Lipinski definition) is 3. The summed E-state index contributed by atoms with van der Waals surface area (Å²) in [5.74, 6) is 0.308. The summed E-state index contributed by atoms with van der Waals surface area (Å²) in [5, 5.41) is 3.73. The molecule has 1 atom stereocenters. The van der Waals surface area contributed by atoms with Crippen molar-refractivity contribution in [1.29, 1.82) is 0 Å². The Bertz CT molecular complexity index is 863. The van der Waals surface area contributed by atoms with E-state index in [-0.39, 0.29) is 24.5 Å². The molecule has 0 heterocycles. The van der Waals surface area contributed by atoms with Crippen LogP contribution in [0.1, 0.15) is 43.7 Å². The van der Waals surface area contributed by atoms with Crippen LogP contribution >= 0.6 is 11.6 Å². The molecule has 1 N–H and O–H groups in total. The van der Waals surface area contributed by atoms with Crippen molar-refractivity contribution in [3.63, 3.8) is 0 Å². The zero-order chi connectivity index (χ0) is 21.5. The number of carbonyl (C=O) groups is 2. The normalized spacial score (nSPS) is 14.9. The van der Waals surface area contributed by atoms with E-state index >= 15 is 0 Å². The van der Waals surface area contributed by atoms with E-state index in [1.807, 2.05) is 43.3 Å². The molecule has 1 fully saturated rings. The molecule has 2 aromatic carbocycles. The van der Waals surface area contributed by atoms with Crippen molar-refractivity contribution in [3.05, 3.63) is 64.7 Å². The van der Waals surface area contributed by atoms with E-state index in [1.54, 1.807) is 24.0 Å². The van der Waals surface area contributed by atoms with Crippen molar-refractivity contribution in [3.8, 4) is 5.75 Å². The third-order valence-electron chi connectivity index (χ3n) is 5.58. The molecule has 0 saturated heterocycles. The summed E-state index contributed by atoms with van der Waals surface area (Å²) in [5.41, 5.74) is 1.87. The number of rotatable bonds is 8. The van der Waals surface area contributed by atoms with E-state index in [0.717, 1.165) is 36.8 Å². The van der Waals surface area contributed by atoms with Crippen LogP contribution in [0.5, 0.6) is 5.75 Å². The Labute approximate surface area is 183 Å². The molecular formula is C24H29ClN2O3. The van der Waals surface area contributed by atoms with Crippen LogP contribution in [0.25, 0.3) is 0 Å². The highest BCUT2D eigenvalue weighted by Crippen LogP contribution is 2.20. The Morgan fingerprint density at radius 1 is 1.13 bits per heavy atom. The Kier molecular flexibility index (Phi) is 7.75. The molecule has 1 aliphatic carbocycles. The lowest BCUT2D eigenvalue weighted by atomic mass is 10.1. The summed E-state index contributed by atoms with van der Waals surface area (Å²) in [6.45, 7) is 3.89. The Morgan fingerprint density at radius 3 is 2.47 bits per heavy atom. The van der Waals surface area contributed by atoms with Crippen molar-refractivity contribution in [2.45, 2.75) is 58.2 Å². The number of amides is 2. The quantitative estimate of drug-likeness (QED) is 0.673. The van der Waals surface area contributed by atoms with Crippen LogP contribution in [-0.4, -0.2) is 35.4 Å². The largest absolute Gasteiger partial charge is 0.484 e. The highest BCUT2D eigenvalue weighted by Gasteiger charge is 2.28. The summed E-state index contributed by atoms with van der Waals surface area (Å²) in [4.78, 5) is 27.5. The predicted octanol–water partition coefficient (Wildman–Crippen LogP) is 4.50. The van der Waals surface area contributed by atoms with Gasteiger partial charge in [0.15, 0.2) is 6.61 Å². The van der Waals surface area contributed by atoms with Gasteiger partial charge in [-0.15, -0.1) is 0 Å². The van der Waals surface area contributed by atoms with Gasteiger partial charge in [-0.05, 0) is 56.0 Å². The minimum Gasteiger partial charge on any atom is -0.484 e. The molecule has 0 unspecified atom stereocenters. The van der Waals surface area contributed by atoms with Gasteiger partial charge in [0.05, 0.1) is 0 Å². The molecule has 1 aliphatic rings. The van der Waals surface area contributed by atoms with Crippen LogP contribution in [0.2, 0.25) is 5.02 Å². The summed E-state index contributed by atoms with van der Waals surface area (Å²) >= 11 is 5.99. The van der Waals surface area contributed by atoms with Gasteiger partial charge < -0.3 is 15.0 Å². The SMILES string of the molecule is Cc1ccccc1OCC(=O)N(Cc1ccc(Cl)cc1)[C@@H](C)C(=O)NC1CCCC1. The van der Waals surface area contributed by atoms with Gasteiger partial charge in [-0.25, -0.2) is 0 Å². The number of aryl methyl sites for hydroxylation is 1. The third kappa shape index (κ3) is 5.99. The minimum atomic E-state index is -0.603. The predicted molar refractivity (Wildman–Crippen MR) is 119 cm³/mol. The van der Waals surface area contributed by atoms with Crippen LogP contribution in [0.3, 0.4) is 0 Å². The molecule has 0 aromatic heterocycles. The summed E-state index contributed by atoms with van der Waals surface area (Å²) < 4.78 is 5.76. The molecule has 2 aromatic rings. The molecule has 0 spiro atoms. The molecule has 0 radical (unpaired) electrons. The maximum atomic E-state index is 13.1. The van der Waals surface area contributed by atoms with E-state index in [2.05, 4.69) is 5.32 Å². The fourth-order valence-corrected chi connectivity index (χ4v) is 3.83. The van der Waals surface area contributed by atoms with Crippen molar-refractivity contribution >= 4 is 23.4 Å². The highest BCUT2D eigenvalue weighted by atomic mass is 35.5. The number of nitrogens with zero attached hydrogens (tertiary/aromatic N) is 1. The minimum absolute atomic E-state index is 0.125. The van der Waals surface area contributed by atoms with Crippen molar-refractivity contribution in [1.82, 2.24) is 10.2 Å². The molecule has 1 saturated carbocycles. The number of hydrogen-bond donors (Lipinski definition) is 1. The van der Waals surface area contributed by atoms with Gasteiger partial charge in [-0.3, -0.25) is 9.59 Å². The Morgan fingerprint density at radius 2 is 1.80 bits per heavy atom. The van der Waals surface area contributed by atoms with Gasteiger partial charge in [-0.2, -0.15) is 0 Å². The number of ether oxygens (including phenoxy) is 1. The first-order valence-corrected chi connectivity index (χ1v) is 10.8. The maximum Gasteiger partial charge on any atom is 0.261 e. The maximum absolute atomic E-state index is 13.1. The lowest BCUT2D eigenvalue weighted by molar-refractivity contribution is -0.142. The average Bonchev–Trinajstić information content (AvgIpc) is 3.25. The number of para-hydroxylation sites is 1. The summed E-state index contributed by atoms with van der Waals surface area (Å²) in [6.07, 6.45) is 4.27. The zero-order valence-corrected chi connectivity index (χ0v) is 18.3. The van der Waals surface area contributed by atoms with Gasteiger partial charge in [-0.1, -0.05) is 54.8 Å². The molecule has 0 bridgehead atoms. The fraction of sp³-hybridized carbons (Fsp3) is 0.417. The molecule has 160 valence electrons. The molecule has 6 heteroatoms. The van der Waals surface area contributed by atoms with Crippen LogP contribution in [0.4, 0.5) is 0 Å². The second-order valence-corrected chi connectivity index (χ2v) is 8.30. The average molecular weight is 429 g/mol. The van der Waals surface area contributed by atoms with Gasteiger partial charge in [0.25, 0.3) is 5.91 Å². The van der Waals surface area contributed by atoms with Crippen molar-refractivity contribution in [2.24, 2.45) is 0 Å². The molecular weight excluding hydrogens is 400 g/mol. The van der Waals surface area contributed by atoms with Crippen LogP contribution in [-0.2, 0) is 16.1 Å². The second-order valence-electron chi connectivity index (χ2n) is 7.87. The number of benzene rings is 2. The number of halogens is 1. The standard InChI is InChI=1S/C24H29ClN2O3/c1-17-7-3-6-10-22(17)30-16-23(28)27(15-19-11-13-20(25)14-12-19)18(2)24(29)26-21-8-4-5-9-21/h3,6-7,10-14,18,21H,4-5,8-9,15-16H2,1-2H3,(H,26,29)/t18-/m0/s1. The van der Waals surface area contributed by atoms with Gasteiger partial charge >= 0.3 is 0 Å². The van der Waals surface area contributed by atoms with Crippen molar-refractivity contribution in [2.75, 3.05) is 6.61 Å². The van der Waals surface area contributed by atoms with E-state index in [4.69, 9.17) is 16.3 Å². The summed E-state index contributed by atoms with van der Waals surface area (Å²) in [6, 6.07) is 14.5. The Balaban J connectivity index is 1.71. The van der Waals surface area contributed by atoms with Gasteiger partial charge in [0.2, 0.25) is 5.91 Å². The van der Waals surface area contributed by atoms with E-state index < -0.39 is 6.04 Å². The molecule has 2 amide bonds. The Hall–Kier alpha value is -2.53. The van der Waals surface area contributed by atoms with E-state index in [0.29, 0.717) is 17.3 Å². The van der Waals surface area contributed by atoms with Crippen LogP contribution in [0, 0.1) is 6.92 Å². The lowest BCUT2D eigenvalue weighted by Gasteiger charge is -2.29. The van der Waals surface area contributed by atoms with E-state index in [1.165, 1.54) is 0 Å². The summed E-state index contributed by atoms with van der Waals surface area (Å²) in [7, 11) is 0. The lowest BCUT2D eigenvalue weighted by Crippen LogP contribution is -2.50. The second kappa shape index (κ2) is 10.5. The number of carbonyl (C=O) groups excluding carboxylic acids is 2. The van der Waals surface area contributed by atoms with Gasteiger partial charge in [0.1, 0.15) is 11.8 Å². The monoisotopic (exact) mass is 428 g/mol. The van der Waals surface area contributed by atoms with Crippen LogP contribution in [0.15, 0.2) is 48.5 Å². The fourth-order valence-electron chi connectivity index (χ4n) is 3.70. The molecule has 3 rings (SSSR count). The van der Waals surface area contributed by atoms with Crippen molar-refractivity contribution < 1.29 is 14.3 Å². The first-order chi connectivity index (χ1) is 14.4. The zero-order valence-electron chi connectivity index (χ0n) is 17.6. The smallest absolute Gasteiger partial charge is 0.261 e. The van der Waals surface area contributed by atoms with Gasteiger partial charge in [0, 0.05) is 17.6 Å². The topological polar surface area (TPSA) is 58.6 Å². The first kappa shape index (κ1) is 22.2. The van der Waals surface area contributed by atoms with Crippen LogP contribution < -0.4 is 10.1 Å². The van der Waals surface area contributed by atoms with E-state index in [9.17, 15) is 9.59 Å². The third-order valence-corrected chi connectivity index (χ3v) is 5.83.